The second-order valence-electron chi connectivity index (χ2n) is 12.2. The first-order valence-electron chi connectivity index (χ1n) is 15.1. The predicted octanol–water partition coefficient (Wildman–Crippen LogP) is 5.83. The van der Waals surface area contributed by atoms with Gasteiger partial charge in [-0.15, -0.1) is 0 Å². The van der Waals surface area contributed by atoms with Crippen LogP contribution in [0.3, 0.4) is 0 Å². The minimum absolute atomic E-state index is 0.0453. The number of rotatable bonds is 9. The molecular formula is C34H27F7N4O5. The van der Waals surface area contributed by atoms with Crippen LogP contribution in [-0.4, -0.2) is 52.3 Å². The molecule has 2 aliphatic rings. The van der Waals surface area contributed by atoms with E-state index < -0.39 is 58.8 Å². The van der Waals surface area contributed by atoms with Gasteiger partial charge in [0.05, 0.1) is 23.9 Å². The molecule has 50 heavy (non-hydrogen) atoms. The molecule has 0 saturated heterocycles. The zero-order valence-electron chi connectivity index (χ0n) is 26.0. The smallest absolute Gasteiger partial charge is 0.424 e. The molecule has 2 atom stereocenters. The third kappa shape index (κ3) is 6.30. The lowest BCUT2D eigenvalue weighted by Crippen LogP contribution is -2.51. The number of ether oxygens (including phenoxy) is 2. The van der Waals surface area contributed by atoms with Gasteiger partial charge < -0.3 is 25.6 Å². The average molecular weight is 705 g/mol. The number of nitrogens with zero attached hydrogens (tertiary/aromatic N) is 2. The quantitative estimate of drug-likeness (QED) is 0.187. The largest absolute Gasteiger partial charge is 0.490 e. The summed E-state index contributed by atoms with van der Waals surface area (Å²) >= 11 is 0. The number of amides is 2. The van der Waals surface area contributed by atoms with Crippen LogP contribution in [0.2, 0.25) is 0 Å². The van der Waals surface area contributed by atoms with E-state index in [1.165, 1.54) is 19.1 Å². The molecule has 2 aromatic heterocycles. The first kappa shape index (κ1) is 34.6. The number of hydrogen-bond donors (Lipinski definition) is 3. The van der Waals surface area contributed by atoms with Crippen molar-refractivity contribution in [3.8, 4) is 33.9 Å². The average Bonchev–Trinajstić information content (AvgIpc) is 3.82. The van der Waals surface area contributed by atoms with Gasteiger partial charge in [0.15, 0.2) is 0 Å². The van der Waals surface area contributed by atoms with Gasteiger partial charge in [0.2, 0.25) is 11.5 Å². The Hall–Kier alpha value is -5.25. The van der Waals surface area contributed by atoms with E-state index in [2.05, 4.69) is 9.97 Å². The summed E-state index contributed by atoms with van der Waals surface area (Å²) in [6, 6.07) is 9.44. The van der Waals surface area contributed by atoms with E-state index in [9.17, 15) is 45.4 Å². The SMILES string of the molecule is C[C@]1(C(N)=O)COc2c1cc(C(O)(CNC(=O)c1ccc(-c3cnccc3C(F)(F)F)c(OC3CC3)c1)C(F)(F)F)nc2-c1ccc(F)cc1. The highest BCUT2D eigenvalue weighted by Crippen LogP contribution is 2.48. The Bertz CT molecular complexity index is 1980. The van der Waals surface area contributed by atoms with Crippen LogP contribution in [0.25, 0.3) is 22.4 Å². The van der Waals surface area contributed by atoms with Crippen molar-refractivity contribution in [1.82, 2.24) is 15.3 Å². The molecule has 0 spiro atoms. The molecular weight excluding hydrogens is 677 g/mol. The summed E-state index contributed by atoms with van der Waals surface area (Å²) in [5, 5.41) is 13.3. The number of fused-ring (bicyclic) bond motifs is 1. The summed E-state index contributed by atoms with van der Waals surface area (Å²) in [4.78, 5) is 33.6. The van der Waals surface area contributed by atoms with Gasteiger partial charge >= 0.3 is 12.4 Å². The van der Waals surface area contributed by atoms with Crippen molar-refractivity contribution in [2.45, 2.75) is 49.2 Å². The van der Waals surface area contributed by atoms with E-state index in [4.69, 9.17) is 15.2 Å². The highest BCUT2D eigenvalue weighted by atomic mass is 19.4. The number of carbonyl (C=O) groups is 2. The van der Waals surface area contributed by atoms with Gasteiger partial charge in [-0.1, -0.05) is 0 Å². The molecule has 4 aromatic rings. The van der Waals surface area contributed by atoms with Crippen LogP contribution in [0.1, 0.15) is 46.9 Å². The van der Waals surface area contributed by atoms with Gasteiger partial charge in [0.25, 0.3) is 5.91 Å². The highest BCUT2D eigenvalue weighted by Gasteiger charge is 2.57. The Morgan fingerprint density at radius 3 is 2.36 bits per heavy atom. The Balaban J connectivity index is 1.37. The number of aromatic nitrogens is 2. The molecule has 9 nitrogen and oxygen atoms in total. The fraction of sp³-hybridized carbons (Fsp3) is 0.294. The summed E-state index contributed by atoms with van der Waals surface area (Å²) in [6.07, 6.45) is -7.41. The summed E-state index contributed by atoms with van der Waals surface area (Å²) in [6.45, 7) is -0.510. The van der Waals surface area contributed by atoms with E-state index in [1.54, 1.807) is 0 Å². The highest BCUT2D eigenvalue weighted by molar-refractivity contribution is 5.96. The van der Waals surface area contributed by atoms with Crippen LogP contribution in [0.4, 0.5) is 30.7 Å². The predicted molar refractivity (Wildman–Crippen MR) is 162 cm³/mol. The zero-order chi connectivity index (χ0) is 36.2. The van der Waals surface area contributed by atoms with Gasteiger partial charge in [-0.25, -0.2) is 9.37 Å². The number of primary amides is 1. The first-order valence-corrected chi connectivity index (χ1v) is 15.1. The van der Waals surface area contributed by atoms with Crippen molar-refractivity contribution in [1.29, 1.82) is 0 Å². The van der Waals surface area contributed by atoms with Crippen LogP contribution in [0.5, 0.6) is 11.5 Å². The van der Waals surface area contributed by atoms with Gasteiger partial charge in [-0.2, -0.15) is 26.3 Å². The van der Waals surface area contributed by atoms with Crippen LogP contribution < -0.4 is 20.5 Å². The Morgan fingerprint density at radius 1 is 1.04 bits per heavy atom. The lowest BCUT2D eigenvalue weighted by atomic mass is 9.81. The Labute approximate surface area is 279 Å². The number of hydrogen-bond acceptors (Lipinski definition) is 7. The molecule has 2 aromatic carbocycles. The molecule has 262 valence electrons. The molecule has 16 heteroatoms. The van der Waals surface area contributed by atoms with Crippen LogP contribution in [0.15, 0.2) is 67.0 Å². The van der Waals surface area contributed by atoms with Crippen molar-refractivity contribution in [3.05, 3.63) is 95.2 Å². The lowest BCUT2D eigenvalue weighted by Gasteiger charge is -2.31. The molecule has 4 N–H and O–H groups in total. The Morgan fingerprint density at radius 2 is 1.74 bits per heavy atom. The van der Waals surface area contributed by atoms with Crippen molar-refractivity contribution >= 4 is 11.8 Å². The number of aliphatic hydroxyl groups is 1. The third-order valence-electron chi connectivity index (χ3n) is 8.61. The summed E-state index contributed by atoms with van der Waals surface area (Å²) in [7, 11) is 0. The summed E-state index contributed by atoms with van der Waals surface area (Å²) in [5.41, 5.74) is -2.88. The van der Waals surface area contributed by atoms with Gasteiger partial charge in [0, 0.05) is 40.2 Å². The minimum atomic E-state index is -5.47. The molecule has 0 bridgehead atoms. The number of carbonyl (C=O) groups excluding carboxylic acids is 2. The Kier molecular flexibility index (Phi) is 8.49. The molecule has 1 aliphatic heterocycles. The third-order valence-corrected chi connectivity index (χ3v) is 8.61. The fourth-order valence-electron chi connectivity index (χ4n) is 5.45. The second kappa shape index (κ2) is 12.3. The molecule has 3 heterocycles. The molecule has 0 radical (unpaired) electrons. The minimum Gasteiger partial charge on any atom is -0.490 e. The second-order valence-corrected chi connectivity index (χ2v) is 12.2. The number of pyridine rings is 2. The number of nitrogens with one attached hydrogen (secondary N) is 1. The summed E-state index contributed by atoms with van der Waals surface area (Å²) < 4.78 is 111. The lowest BCUT2D eigenvalue weighted by molar-refractivity contribution is -0.265. The topological polar surface area (TPSA) is 137 Å². The molecule has 1 aliphatic carbocycles. The number of benzene rings is 2. The van der Waals surface area contributed by atoms with Crippen molar-refractivity contribution in [3.63, 3.8) is 0 Å². The maximum atomic E-state index is 14.8. The van der Waals surface area contributed by atoms with Crippen molar-refractivity contribution in [2.24, 2.45) is 5.73 Å². The van der Waals surface area contributed by atoms with Gasteiger partial charge in [-0.05, 0) is 74.4 Å². The number of nitrogens with two attached hydrogens (primary N) is 1. The van der Waals surface area contributed by atoms with E-state index in [0.717, 1.165) is 54.9 Å². The standard InChI is InChI=1S/C34H27F7N4O5/c1-31(30(42)47)16-49-28-24(31)13-26(45-27(28)17-2-5-19(35)6-3-17)32(48,34(39,40)41)15-44-29(46)18-4-9-21(25(12-18)50-20-7-8-20)22-14-43-11-10-23(22)33(36,37)38/h2-6,9-14,20,48H,7-8,15-16H2,1H3,(H2,42,47)(H,44,46)/t31-,32?/m0/s1. The van der Waals surface area contributed by atoms with E-state index >= 15 is 0 Å². The maximum Gasteiger partial charge on any atom is 0.424 e. The zero-order valence-corrected chi connectivity index (χ0v) is 26.0. The fourth-order valence-corrected chi connectivity index (χ4v) is 5.45. The van der Waals surface area contributed by atoms with Crippen LogP contribution in [-0.2, 0) is 22.0 Å². The van der Waals surface area contributed by atoms with Crippen molar-refractivity contribution in [2.75, 3.05) is 13.2 Å². The number of halogens is 7. The van der Waals surface area contributed by atoms with Crippen molar-refractivity contribution < 1.29 is 54.9 Å². The van der Waals surface area contributed by atoms with Gasteiger partial charge in [-0.3, -0.25) is 14.6 Å². The maximum absolute atomic E-state index is 14.8. The number of alkyl halides is 6. The molecule has 1 fully saturated rings. The van der Waals surface area contributed by atoms with Gasteiger partial charge in [0.1, 0.15) is 35.0 Å². The first-order chi connectivity index (χ1) is 23.4. The van der Waals surface area contributed by atoms with E-state index in [1.807, 2.05) is 5.32 Å². The van der Waals surface area contributed by atoms with Crippen LogP contribution >= 0.6 is 0 Å². The molecule has 2 amide bonds. The molecule has 1 unspecified atom stereocenters. The van der Waals surface area contributed by atoms with Crippen LogP contribution in [0, 0.1) is 5.82 Å². The molecule has 1 saturated carbocycles. The molecule has 6 rings (SSSR count). The normalized spacial score (nSPS) is 18.5. The monoisotopic (exact) mass is 704 g/mol. The van der Waals surface area contributed by atoms with E-state index in [0.29, 0.717) is 12.8 Å². The van der Waals surface area contributed by atoms with E-state index in [-0.39, 0.29) is 57.7 Å². The summed E-state index contributed by atoms with van der Waals surface area (Å²) in [5.74, 6) is -2.95.